The maximum atomic E-state index is 11.8. The minimum Gasteiger partial charge on any atom is -0.444 e. The Morgan fingerprint density at radius 1 is 1.36 bits per heavy atom. The van der Waals surface area contributed by atoms with E-state index in [2.05, 4.69) is 31.4 Å². The Balaban J connectivity index is 2.44. The highest BCUT2D eigenvalue weighted by Crippen LogP contribution is 2.15. The molecule has 2 N–H and O–H groups in total. The van der Waals surface area contributed by atoms with Gasteiger partial charge in [0.2, 0.25) is 0 Å². The molecule has 0 saturated carbocycles. The molecule has 0 radical (unpaired) electrons. The minimum atomic E-state index is -0.457. The van der Waals surface area contributed by atoms with Gasteiger partial charge < -0.3 is 20.1 Å². The zero-order valence-electron chi connectivity index (χ0n) is 15.1. The average Bonchev–Trinajstić information content (AvgIpc) is 2.33. The number of hydrogen-bond donors (Lipinski definition) is 2. The highest BCUT2D eigenvalue weighted by molar-refractivity contribution is 5.67. The van der Waals surface area contributed by atoms with E-state index in [9.17, 15) is 4.79 Å². The van der Waals surface area contributed by atoms with Crippen molar-refractivity contribution in [1.29, 1.82) is 0 Å². The van der Waals surface area contributed by atoms with E-state index in [0.717, 1.165) is 25.9 Å². The van der Waals surface area contributed by atoms with Crippen LogP contribution in [0.4, 0.5) is 4.79 Å². The van der Waals surface area contributed by atoms with E-state index in [-0.39, 0.29) is 12.1 Å². The molecule has 0 aromatic rings. The maximum absolute atomic E-state index is 11.8. The number of alkyl carbamates (subject to hydrolysis) is 1. The van der Waals surface area contributed by atoms with Crippen LogP contribution in [0.5, 0.6) is 0 Å². The number of rotatable bonds is 6. The molecule has 1 aliphatic rings. The van der Waals surface area contributed by atoms with Gasteiger partial charge in [-0.1, -0.05) is 13.8 Å². The Morgan fingerprint density at radius 2 is 2.05 bits per heavy atom. The molecule has 5 heteroatoms. The molecule has 0 aromatic heterocycles. The summed E-state index contributed by atoms with van der Waals surface area (Å²) >= 11 is 0. The van der Waals surface area contributed by atoms with Crippen molar-refractivity contribution in [2.75, 3.05) is 13.2 Å². The zero-order chi connectivity index (χ0) is 16.8. The second-order valence-electron chi connectivity index (χ2n) is 7.78. The van der Waals surface area contributed by atoms with E-state index in [0.29, 0.717) is 24.6 Å². The summed E-state index contributed by atoms with van der Waals surface area (Å²) in [6.07, 6.45) is 3.06. The average molecular weight is 314 g/mol. The highest BCUT2D eigenvalue weighted by Gasteiger charge is 2.23. The lowest BCUT2D eigenvalue weighted by Gasteiger charge is -2.32. The largest absolute Gasteiger partial charge is 0.444 e. The van der Waals surface area contributed by atoms with Gasteiger partial charge in [-0.15, -0.1) is 0 Å². The molecule has 1 saturated heterocycles. The van der Waals surface area contributed by atoms with E-state index < -0.39 is 5.60 Å². The van der Waals surface area contributed by atoms with E-state index in [1.165, 1.54) is 0 Å². The molecule has 1 amide bonds. The van der Waals surface area contributed by atoms with Crippen LogP contribution in [0, 0.1) is 5.92 Å². The lowest BCUT2D eigenvalue weighted by molar-refractivity contribution is 0.0105. The Hall–Kier alpha value is -0.810. The second kappa shape index (κ2) is 8.73. The van der Waals surface area contributed by atoms with Gasteiger partial charge in [0, 0.05) is 25.2 Å². The zero-order valence-corrected chi connectivity index (χ0v) is 15.1. The number of hydrogen-bond acceptors (Lipinski definition) is 4. The predicted molar refractivity (Wildman–Crippen MR) is 89.1 cm³/mol. The van der Waals surface area contributed by atoms with Crippen molar-refractivity contribution in [3.8, 4) is 0 Å². The topological polar surface area (TPSA) is 59.6 Å². The van der Waals surface area contributed by atoms with Gasteiger partial charge in [0.05, 0.1) is 6.10 Å². The quantitative estimate of drug-likeness (QED) is 0.791. The van der Waals surface area contributed by atoms with Crippen LogP contribution in [0.1, 0.15) is 60.8 Å². The van der Waals surface area contributed by atoms with Crippen LogP contribution in [0.15, 0.2) is 0 Å². The molecule has 1 heterocycles. The van der Waals surface area contributed by atoms with E-state index in [4.69, 9.17) is 9.47 Å². The van der Waals surface area contributed by atoms with Crippen LogP contribution in [-0.4, -0.2) is 43.0 Å². The fraction of sp³-hybridized carbons (Fsp3) is 0.941. The van der Waals surface area contributed by atoms with Crippen LogP contribution < -0.4 is 10.6 Å². The first kappa shape index (κ1) is 19.2. The lowest BCUT2D eigenvalue weighted by atomic mass is 9.99. The highest BCUT2D eigenvalue weighted by atomic mass is 16.6. The summed E-state index contributed by atoms with van der Waals surface area (Å²) in [5, 5.41) is 6.58. The molecule has 0 aromatic carbocycles. The molecule has 3 unspecified atom stereocenters. The predicted octanol–water partition coefficient (Wildman–Crippen LogP) is 3.08. The number of carbonyl (C=O) groups excluding carboxylic acids is 1. The molecular weight excluding hydrogens is 280 g/mol. The lowest BCUT2D eigenvalue weighted by Crippen LogP contribution is -2.49. The summed E-state index contributed by atoms with van der Waals surface area (Å²) in [5.41, 5.74) is -0.457. The van der Waals surface area contributed by atoms with Crippen molar-refractivity contribution in [3.63, 3.8) is 0 Å². The third-order valence-electron chi connectivity index (χ3n) is 3.60. The number of amides is 1. The number of carbonyl (C=O) groups is 1. The Morgan fingerprint density at radius 3 is 2.59 bits per heavy atom. The van der Waals surface area contributed by atoms with Crippen LogP contribution in [0.25, 0.3) is 0 Å². The van der Waals surface area contributed by atoms with Gasteiger partial charge in [0.15, 0.2) is 0 Å². The minimum absolute atomic E-state index is 0.266. The van der Waals surface area contributed by atoms with Crippen molar-refractivity contribution in [3.05, 3.63) is 0 Å². The Labute approximate surface area is 135 Å². The van der Waals surface area contributed by atoms with Crippen LogP contribution in [0.2, 0.25) is 0 Å². The van der Waals surface area contributed by atoms with E-state index in [1.807, 2.05) is 20.8 Å². The summed E-state index contributed by atoms with van der Waals surface area (Å²) < 4.78 is 10.9. The molecule has 130 valence electrons. The molecule has 1 rings (SSSR count). The summed E-state index contributed by atoms with van der Waals surface area (Å²) in [4.78, 5) is 11.8. The molecule has 0 aliphatic carbocycles. The standard InChI is InChI=1S/C17H34N2O3/c1-12(2)9-15(11-18-16(20)22-17(4,5)6)19-14-7-8-21-13(3)10-14/h12-15,19H,7-11H2,1-6H3,(H,18,20). The SMILES string of the molecule is CC(C)CC(CNC(=O)OC(C)(C)C)NC1CCOC(C)C1. The molecule has 0 bridgehead atoms. The van der Waals surface area contributed by atoms with Gasteiger partial charge >= 0.3 is 6.09 Å². The molecule has 0 spiro atoms. The first-order valence-electron chi connectivity index (χ1n) is 8.50. The van der Waals surface area contributed by atoms with E-state index >= 15 is 0 Å². The second-order valence-corrected chi connectivity index (χ2v) is 7.78. The molecule has 1 fully saturated rings. The van der Waals surface area contributed by atoms with Gasteiger partial charge in [0.1, 0.15) is 5.60 Å². The van der Waals surface area contributed by atoms with Crippen molar-refractivity contribution in [2.24, 2.45) is 5.92 Å². The van der Waals surface area contributed by atoms with E-state index in [1.54, 1.807) is 0 Å². The first-order chi connectivity index (χ1) is 10.2. The summed E-state index contributed by atoms with van der Waals surface area (Å²) in [6, 6.07) is 0.732. The van der Waals surface area contributed by atoms with Gasteiger partial charge in [-0.25, -0.2) is 4.79 Å². The fourth-order valence-corrected chi connectivity index (χ4v) is 2.78. The van der Waals surface area contributed by atoms with Gasteiger partial charge in [0.25, 0.3) is 0 Å². The summed E-state index contributed by atoms with van der Waals surface area (Å²) in [5.74, 6) is 0.579. The van der Waals surface area contributed by atoms with Crippen molar-refractivity contribution in [1.82, 2.24) is 10.6 Å². The molecule has 22 heavy (non-hydrogen) atoms. The number of ether oxygens (including phenoxy) is 2. The monoisotopic (exact) mass is 314 g/mol. The molecule has 3 atom stereocenters. The van der Waals surface area contributed by atoms with Crippen LogP contribution in [-0.2, 0) is 9.47 Å². The van der Waals surface area contributed by atoms with Crippen molar-refractivity contribution in [2.45, 2.75) is 84.6 Å². The smallest absolute Gasteiger partial charge is 0.407 e. The third kappa shape index (κ3) is 8.59. The molecular formula is C17H34N2O3. The van der Waals surface area contributed by atoms with Crippen LogP contribution >= 0.6 is 0 Å². The Kier molecular flexibility index (Phi) is 7.63. The maximum Gasteiger partial charge on any atom is 0.407 e. The van der Waals surface area contributed by atoms with Crippen molar-refractivity contribution >= 4 is 6.09 Å². The Bertz CT molecular complexity index is 339. The third-order valence-corrected chi connectivity index (χ3v) is 3.60. The molecule has 1 aliphatic heterocycles. The number of nitrogens with one attached hydrogen (secondary N) is 2. The van der Waals surface area contributed by atoms with Gasteiger partial charge in [-0.2, -0.15) is 0 Å². The molecule has 5 nitrogen and oxygen atoms in total. The normalized spacial score (nSPS) is 24.1. The van der Waals surface area contributed by atoms with Gasteiger partial charge in [-0.05, 0) is 52.9 Å². The van der Waals surface area contributed by atoms with Crippen LogP contribution in [0.3, 0.4) is 0 Å². The summed E-state index contributed by atoms with van der Waals surface area (Å²) in [7, 11) is 0. The van der Waals surface area contributed by atoms with Gasteiger partial charge in [-0.3, -0.25) is 0 Å². The first-order valence-corrected chi connectivity index (χ1v) is 8.50. The fourth-order valence-electron chi connectivity index (χ4n) is 2.78. The summed E-state index contributed by atoms with van der Waals surface area (Å²) in [6.45, 7) is 13.6. The van der Waals surface area contributed by atoms with Crippen molar-refractivity contribution < 1.29 is 14.3 Å².